The SMILES string of the molecule is CC(N)C(=O)Nc1ccc(F)c(C(F)(F)F)c1.Cl. The second-order valence-corrected chi connectivity index (χ2v) is 3.47. The highest BCUT2D eigenvalue weighted by Gasteiger charge is 2.34. The van der Waals surface area contributed by atoms with Gasteiger partial charge >= 0.3 is 6.18 Å². The van der Waals surface area contributed by atoms with Gasteiger partial charge in [0.2, 0.25) is 5.91 Å². The van der Waals surface area contributed by atoms with E-state index >= 15 is 0 Å². The van der Waals surface area contributed by atoms with E-state index in [2.05, 4.69) is 5.32 Å². The number of carbonyl (C=O) groups is 1. The summed E-state index contributed by atoms with van der Waals surface area (Å²) in [6, 6.07) is 1.33. The zero-order valence-electron chi connectivity index (χ0n) is 9.22. The molecule has 18 heavy (non-hydrogen) atoms. The Morgan fingerprint density at radius 3 is 2.39 bits per heavy atom. The third kappa shape index (κ3) is 4.15. The van der Waals surface area contributed by atoms with Gasteiger partial charge in [0.15, 0.2) is 0 Å². The lowest BCUT2D eigenvalue weighted by atomic mass is 10.1. The molecule has 3 N–H and O–H groups in total. The first-order valence-corrected chi connectivity index (χ1v) is 4.65. The van der Waals surface area contributed by atoms with Crippen LogP contribution in [0, 0.1) is 5.82 Å². The Balaban J connectivity index is 0.00000289. The number of amides is 1. The Morgan fingerprint density at radius 1 is 1.39 bits per heavy atom. The number of nitrogens with two attached hydrogens (primary N) is 1. The van der Waals surface area contributed by atoms with Crippen LogP contribution in [-0.2, 0) is 11.0 Å². The van der Waals surface area contributed by atoms with Crippen LogP contribution in [0.4, 0.5) is 23.2 Å². The van der Waals surface area contributed by atoms with Gasteiger partial charge in [0.25, 0.3) is 0 Å². The smallest absolute Gasteiger partial charge is 0.325 e. The number of alkyl halides is 3. The molecule has 0 aromatic heterocycles. The van der Waals surface area contributed by atoms with Crippen LogP contribution in [-0.4, -0.2) is 11.9 Å². The van der Waals surface area contributed by atoms with Crippen LogP contribution in [0.1, 0.15) is 12.5 Å². The van der Waals surface area contributed by atoms with Gasteiger partial charge in [-0.3, -0.25) is 4.79 Å². The van der Waals surface area contributed by atoms with E-state index in [1.807, 2.05) is 0 Å². The molecule has 0 bridgehead atoms. The number of carbonyl (C=O) groups excluding carboxylic acids is 1. The van der Waals surface area contributed by atoms with Crippen LogP contribution >= 0.6 is 12.4 Å². The van der Waals surface area contributed by atoms with Gasteiger partial charge in [-0.25, -0.2) is 4.39 Å². The van der Waals surface area contributed by atoms with E-state index in [1.165, 1.54) is 6.92 Å². The molecule has 0 aliphatic heterocycles. The molecule has 0 heterocycles. The Bertz CT molecular complexity index is 434. The standard InChI is InChI=1S/C10H10F4N2O.ClH/c1-5(15)9(17)16-6-2-3-8(11)7(4-6)10(12,13)14;/h2-5H,15H2,1H3,(H,16,17);1H. The molecule has 1 atom stereocenters. The minimum Gasteiger partial charge on any atom is -0.325 e. The normalized spacial score (nSPS) is 12.6. The summed E-state index contributed by atoms with van der Waals surface area (Å²) in [4.78, 5) is 11.1. The topological polar surface area (TPSA) is 55.1 Å². The monoisotopic (exact) mass is 286 g/mol. The van der Waals surface area contributed by atoms with E-state index < -0.39 is 29.5 Å². The van der Waals surface area contributed by atoms with Crippen molar-refractivity contribution in [3.63, 3.8) is 0 Å². The van der Waals surface area contributed by atoms with Crippen molar-refractivity contribution < 1.29 is 22.4 Å². The third-order valence-corrected chi connectivity index (χ3v) is 1.95. The Morgan fingerprint density at radius 2 is 1.94 bits per heavy atom. The predicted molar refractivity (Wildman–Crippen MR) is 60.9 cm³/mol. The largest absolute Gasteiger partial charge is 0.419 e. The number of nitrogens with one attached hydrogen (secondary N) is 1. The molecule has 1 aromatic carbocycles. The lowest BCUT2D eigenvalue weighted by Crippen LogP contribution is -2.32. The summed E-state index contributed by atoms with van der Waals surface area (Å²) in [5.74, 6) is -2.04. The summed E-state index contributed by atoms with van der Waals surface area (Å²) in [6.07, 6.45) is -4.81. The molecular formula is C10H11ClF4N2O. The summed E-state index contributed by atoms with van der Waals surface area (Å²) in [5.41, 5.74) is 3.65. The first-order chi connectivity index (χ1) is 7.71. The summed E-state index contributed by atoms with van der Waals surface area (Å²) >= 11 is 0. The van der Waals surface area contributed by atoms with E-state index in [4.69, 9.17) is 5.73 Å². The molecule has 0 aliphatic carbocycles. The van der Waals surface area contributed by atoms with E-state index in [1.54, 1.807) is 0 Å². The second kappa shape index (κ2) is 6.01. The lowest BCUT2D eigenvalue weighted by molar-refractivity contribution is -0.140. The molecule has 3 nitrogen and oxygen atoms in total. The minimum atomic E-state index is -4.81. The quantitative estimate of drug-likeness (QED) is 0.821. The molecule has 0 fully saturated rings. The Kier molecular flexibility index (Phi) is 5.56. The molecule has 8 heteroatoms. The number of anilines is 1. The van der Waals surface area contributed by atoms with Crippen LogP contribution < -0.4 is 11.1 Å². The van der Waals surface area contributed by atoms with E-state index in [-0.39, 0.29) is 18.1 Å². The first-order valence-electron chi connectivity index (χ1n) is 4.65. The van der Waals surface area contributed by atoms with E-state index in [0.29, 0.717) is 12.1 Å². The van der Waals surface area contributed by atoms with Crippen LogP contribution in [0.3, 0.4) is 0 Å². The number of hydrogen-bond donors (Lipinski definition) is 2. The van der Waals surface area contributed by atoms with Crippen molar-refractivity contribution in [2.75, 3.05) is 5.32 Å². The van der Waals surface area contributed by atoms with Gasteiger partial charge in [-0.05, 0) is 25.1 Å². The molecule has 1 aromatic rings. The maximum absolute atomic E-state index is 12.9. The minimum absolute atomic E-state index is 0. The zero-order chi connectivity index (χ0) is 13.2. The number of halogens is 5. The zero-order valence-corrected chi connectivity index (χ0v) is 10.0. The van der Waals surface area contributed by atoms with Gasteiger partial charge < -0.3 is 11.1 Å². The highest BCUT2D eigenvalue weighted by molar-refractivity contribution is 5.94. The molecule has 0 spiro atoms. The van der Waals surface area contributed by atoms with Crippen LogP contribution in [0.5, 0.6) is 0 Å². The van der Waals surface area contributed by atoms with Gasteiger partial charge in [-0.15, -0.1) is 12.4 Å². The van der Waals surface area contributed by atoms with E-state index in [0.717, 1.165) is 6.07 Å². The fourth-order valence-corrected chi connectivity index (χ4v) is 1.08. The summed E-state index contributed by atoms with van der Waals surface area (Å²) in [6.45, 7) is 1.38. The van der Waals surface area contributed by atoms with Gasteiger partial charge in [-0.1, -0.05) is 0 Å². The van der Waals surface area contributed by atoms with Crippen molar-refractivity contribution in [3.8, 4) is 0 Å². The average Bonchev–Trinajstić information content (AvgIpc) is 2.19. The fourth-order valence-electron chi connectivity index (χ4n) is 1.08. The molecule has 1 unspecified atom stereocenters. The Labute approximate surface area is 107 Å². The molecule has 102 valence electrons. The number of benzene rings is 1. The van der Waals surface area contributed by atoms with Crippen molar-refractivity contribution in [3.05, 3.63) is 29.6 Å². The lowest BCUT2D eigenvalue weighted by Gasteiger charge is -2.12. The van der Waals surface area contributed by atoms with Crippen molar-refractivity contribution in [2.24, 2.45) is 5.73 Å². The highest BCUT2D eigenvalue weighted by atomic mass is 35.5. The number of rotatable bonds is 2. The maximum atomic E-state index is 12.9. The molecule has 0 saturated carbocycles. The van der Waals surface area contributed by atoms with Gasteiger partial charge in [0.1, 0.15) is 5.82 Å². The van der Waals surface area contributed by atoms with Gasteiger partial charge in [0.05, 0.1) is 11.6 Å². The first kappa shape index (κ1) is 16.7. The van der Waals surface area contributed by atoms with Crippen molar-refractivity contribution >= 4 is 24.0 Å². The highest BCUT2D eigenvalue weighted by Crippen LogP contribution is 2.32. The number of hydrogen-bond acceptors (Lipinski definition) is 2. The molecule has 0 radical (unpaired) electrons. The summed E-state index contributed by atoms with van der Waals surface area (Å²) in [7, 11) is 0. The summed E-state index contributed by atoms with van der Waals surface area (Å²) < 4.78 is 49.9. The molecule has 1 rings (SSSR count). The molecular weight excluding hydrogens is 276 g/mol. The van der Waals surface area contributed by atoms with Gasteiger partial charge in [-0.2, -0.15) is 13.2 Å². The van der Waals surface area contributed by atoms with E-state index in [9.17, 15) is 22.4 Å². The van der Waals surface area contributed by atoms with Gasteiger partial charge in [0, 0.05) is 5.69 Å². The molecule has 1 amide bonds. The van der Waals surface area contributed by atoms with Crippen molar-refractivity contribution in [2.45, 2.75) is 19.1 Å². The molecule has 0 saturated heterocycles. The predicted octanol–water partition coefficient (Wildman–Crippen LogP) is 2.55. The van der Waals surface area contributed by atoms with Crippen LogP contribution in [0.2, 0.25) is 0 Å². The van der Waals surface area contributed by atoms with Crippen LogP contribution in [0.15, 0.2) is 18.2 Å². The third-order valence-electron chi connectivity index (χ3n) is 1.95. The van der Waals surface area contributed by atoms with Crippen molar-refractivity contribution in [1.29, 1.82) is 0 Å². The molecule has 0 aliphatic rings. The average molecular weight is 287 g/mol. The fraction of sp³-hybridized carbons (Fsp3) is 0.300. The van der Waals surface area contributed by atoms with Crippen molar-refractivity contribution in [1.82, 2.24) is 0 Å². The second-order valence-electron chi connectivity index (χ2n) is 3.47. The maximum Gasteiger partial charge on any atom is 0.419 e. The van der Waals surface area contributed by atoms with Crippen LogP contribution in [0.25, 0.3) is 0 Å². The Hall–Kier alpha value is -1.34. The summed E-state index contributed by atoms with van der Waals surface area (Å²) in [5, 5.41) is 2.15.